The molecule has 2 heterocycles. The molecule has 1 aromatic carbocycles. The molecule has 20 heavy (non-hydrogen) atoms. The van der Waals surface area contributed by atoms with Crippen LogP contribution in [0.2, 0.25) is 0 Å². The van der Waals surface area contributed by atoms with Gasteiger partial charge in [-0.15, -0.1) is 0 Å². The van der Waals surface area contributed by atoms with Crippen LogP contribution in [0.15, 0.2) is 28.8 Å². The second kappa shape index (κ2) is 4.30. The Balaban J connectivity index is 2.17. The highest BCUT2D eigenvalue weighted by atomic mass is 19.1. The van der Waals surface area contributed by atoms with Crippen LogP contribution in [0.4, 0.5) is 4.39 Å². The third-order valence-electron chi connectivity index (χ3n) is 3.36. The van der Waals surface area contributed by atoms with Crippen molar-refractivity contribution in [2.45, 2.75) is 13.8 Å². The number of aryl methyl sites for hydroxylation is 3. The highest BCUT2D eigenvalue weighted by Gasteiger charge is 2.22. The van der Waals surface area contributed by atoms with Crippen molar-refractivity contribution in [1.82, 2.24) is 9.78 Å². The maximum Gasteiger partial charge on any atom is 0.231 e. The van der Waals surface area contributed by atoms with Gasteiger partial charge in [0.2, 0.25) is 5.78 Å². The maximum atomic E-state index is 13.3. The summed E-state index contributed by atoms with van der Waals surface area (Å²) in [7, 11) is 1.75. The molecule has 0 saturated carbocycles. The SMILES string of the molecule is Cc1nn(C)cc1C(=O)c1oc2ccc(F)cc2c1C. The number of halogens is 1. The highest BCUT2D eigenvalue weighted by molar-refractivity contribution is 6.11. The first-order valence-electron chi connectivity index (χ1n) is 6.21. The van der Waals surface area contributed by atoms with Gasteiger partial charge in [0.25, 0.3) is 0 Å². The summed E-state index contributed by atoms with van der Waals surface area (Å²) in [5, 5.41) is 4.77. The Hall–Kier alpha value is -2.43. The summed E-state index contributed by atoms with van der Waals surface area (Å²) in [5.74, 6) is -0.343. The van der Waals surface area contributed by atoms with Gasteiger partial charge in [-0.25, -0.2) is 4.39 Å². The number of furan rings is 1. The molecule has 0 N–H and O–H groups in total. The number of benzene rings is 1. The fraction of sp³-hybridized carbons (Fsp3) is 0.200. The van der Waals surface area contributed by atoms with E-state index in [0.717, 1.165) is 0 Å². The van der Waals surface area contributed by atoms with Crippen molar-refractivity contribution in [2.75, 3.05) is 0 Å². The van der Waals surface area contributed by atoms with Crippen LogP contribution >= 0.6 is 0 Å². The van der Waals surface area contributed by atoms with Gasteiger partial charge in [0.05, 0.1) is 11.3 Å². The van der Waals surface area contributed by atoms with E-state index in [2.05, 4.69) is 5.10 Å². The van der Waals surface area contributed by atoms with E-state index >= 15 is 0 Å². The molecule has 0 bridgehead atoms. The third-order valence-corrected chi connectivity index (χ3v) is 3.36. The minimum atomic E-state index is -0.349. The summed E-state index contributed by atoms with van der Waals surface area (Å²) >= 11 is 0. The molecule has 0 aliphatic heterocycles. The lowest BCUT2D eigenvalue weighted by Gasteiger charge is -1.96. The van der Waals surface area contributed by atoms with Crippen LogP contribution in [0.1, 0.15) is 27.4 Å². The van der Waals surface area contributed by atoms with Gasteiger partial charge in [-0.3, -0.25) is 9.48 Å². The maximum absolute atomic E-state index is 13.3. The lowest BCUT2D eigenvalue weighted by Crippen LogP contribution is -2.02. The van der Waals surface area contributed by atoms with Gasteiger partial charge in [0.15, 0.2) is 5.76 Å². The molecule has 0 aliphatic carbocycles. The number of carbonyl (C=O) groups excluding carboxylic acids is 1. The van der Waals surface area contributed by atoms with E-state index in [9.17, 15) is 9.18 Å². The minimum absolute atomic E-state index is 0.232. The van der Waals surface area contributed by atoms with Crippen molar-refractivity contribution in [3.8, 4) is 0 Å². The van der Waals surface area contributed by atoms with Crippen molar-refractivity contribution in [2.24, 2.45) is 7.05 Å². The molecule has 0 saturated heterocycles. The Morgan fingerprint density at radius 3 is 2.75 bits per heavy atom. The Labute approximate surface area is 114 Å². The van der Waals surface area contributed by atoms with Crippen molar-refractivity contribution in [1.29, 1.82) is 0 Å². The zero-order valence-corrected chi connectivity index (χ0v) is 11.4. The van der Waals surface area contributed by atoms with E-state index in [1.165, 1.54) is 18.2 Å². The summed E-state index contributed by atoms with van der Waals surface area (Å²) in [5.41, 5.74) is 2.29. The molecule has 4 nitrogen and oxygen atoms in total. The zero-order valence-electron chi connectivity index (χ0n) is 11.4. The van der Waals surface area contributed by atoms with Crippen molar-refractivity contribution in [3.63, 3.8) is 0 Å². The van der Waals surface area contributed by atoms with Crippen LogP contribution in [0.25, 0.3) is 11.0 Å². The Kier molecular flexibility index (Phi) is 2.71. The molecular weight excluding hydrogens is 259 g/mol. The van der Waals surface area contributed by atoms with Gasteiger partial charge in [0, 0.05) is 24.2 Å². The number of ketones is 1. The number of rotatable bonds is 2. The molecule has 0 fully saturated rings. The first-order valence-corrected chi connectivity index (χ1v) is 6.21. The highest BCUT2D eigenvalue weighted by Crippen LogP contribution is 2.28. The zero-order chi connectivity index (χ0) is 14.4. The molecule has 3 rings (SSSR count). The van der Waals surface area contributed by atoms with E-state index in [4.69, 9.17) is 4.42 Å². The molecule has 3 aromatic rings. The molecule has 2 aromatic heterocycles. The molecular formula is C15H13FN2O2. The molecule has 0 unspecified atom stereocenters. The molecule has 102 valence electrons. The smallest absolute Gasteiger partial charge is 0.231 e. The number of hydrogen-bond donors (Lipinski definition) is 0. The Morgan fingerprint density at radius 1 is 1.35 bits per heavy atom. The Bertz CT molecular complexity index is 830. The lowest BCUT2D eigenvalue weighted by molar-refractivity contribution is 0.101. The summed E-state index contributed by atoms with van der Waals surface area (Å²) in [6.45, 7) is 3.52. The molecule has 0 radical (unpaired) electrons. The second-order valence-electron chi connectivity index (χ2n) is 4.83. The monoisotopic (exact) mass is 272 g/mol. The average Bonchev–Trinajstić information content (AvgIpc) is 2.90. The predicted molar refractivity (Wildman–Crippen MR) is 72.3 cm³/mol. The minimum Gasteiger partial charge on any atom is -0.452 e. The normalized spacial score (nSPS) is 11.2. The average molecular weight is 272 g/mol. The lowest BCUT2D eigenvalue weighted by atomic mass is 10.1. The fourth-order valence-electron chi connectivity index (χ4n) is 2.35. The first kappa shape index (κ1) is 12.6. The van der Waals surface area contributed by atoms with Crippen molar-refractivity contribution < 1.29 is 13.6 Å². The standard InChI is InChI=1S/C15H13FN2O2/c1-8-11-6-10(16)4-5-13(11)20-15(8)14(19)12-7-18(3)17-9(12)2/h4-7H,1-3H3. The van der Waals surface area contributed by atoms with Crippen LogP contribution < -0.4 is 0 Å². The number of hydrogen-bond acceptors (Lipinski definition) is 3. The van der Waals surface area contributed by atoms with E-state index in [1.54, 1.807) is 31.8 Å². The van der Waals surface area contributed by atoms with Gasteiger partial charge < -0.3 is 4.42 Å². The van der Waals surface area contributed by atoms with Gasteiger partial charge in [0.1, 0.15) is 11.4 Å². The van der Waals surface area contributed by atoms with Gasteiger partial charge in [-0.05, 0) is 32.0 Å². The molecule has 5 heteroatoms. The van der Waals surface area contributed by atoms with Crippen LogP contribution in [0.5, 0.6) is 0 Å². The number of nitrogens with zero attached hydrogens (tertiary/aromatic N) is 2. The number of fused-ring (bicyclic) bond motifs is 1. The largest absolute Gasteiger partial charge is 0.452 e. The van der Waals surface area contributed by atoms with Crippen molar-refractivity contribution in [3.05, 3.63) is 52.8 Å². The van der Waals surface area contributed by atoms with E-state index < -0.39 is 0 Å². The van der Waals surface area contributed by atoms with E-state index in [-0.39, 0.29) is 17.4 Å². The first-order chi connectivity index (χ1) is 9.47. The summed E-state index contributed by atoms with van der Waals surface area (Å²) < 4.78 is 20.4. The number of aromatic nitrogens is 2. The summed E-state index contributed by atoms with van der Waals surface area (Å²) in [6.07, 6.45) is 1.66. The van der Waals surface area contributed by atoms with E-state index in [0.29, 0.717) is 27.8 Å². The van der Waals surface area contributed by atoms with Crippen molar-refractivity contribution >= 4 is 16.8 Å². The fourth-order valence-corrected chi connectivity index (χ4v) is 2.35. The quantitative estimate of drug-likeness (QED) is 0.673. The van der Waals surface area contributed by atoms with E-state index in [1.807, 2.05) is 0 Å². The van der Waals surface area contributed by atoms with Gasteiger partial charge >= 0.3 is 0 Å². The van der Waals surface area contributed by atoms with Crippen LogP contribution in [0, 0.1) is 19.7 Å². The molecule has 0 aliphatic rings. The second-order valence-corrected chi connectivity index (χ2v) is 4.83. The van der Waals surface area contributed by atoms with Crippen LogP contribution in [-0.4, -0.2) is 15.6 Å². The number of carbonyl (C=O) groups is 1. The molecule has 0 atom stereocenters. The topological polar surface area (TPSA) is 48.0 Å². The summed E-state index contributed by atoms with van der Waals surface area (Å²) in [4.78, 5) is 12.5. The van der Waals surface area contributed by atoms with Gasteiger partial charge in [-0.1, -0.05) is 0 Å². The van der Waals surface area contributed by atoms with Gasteiger partial charge in [-0.2, -0.15) is 5.10 Å². The Morgan fingerprint density at radius 2 is 2.10 bits per heavy atom. The predicted octanol–water partition coefficient (Wildman–Crippen LogP) is 3.15. The summed E-state index contributed by atoms with van der Waals surface area (Å²) in [6, 6.07) is 4.22. The molecule has 0 amide bonds. The van der Waals surface area contributed by atoms with Crippen LogP contribution in [-0.2, 0) is 7.05 Å². The third kappa shape index (κ3) is 1.82. The van der Waals surface area contributed by atoms with Crippen LogP contribution in [0.3, 0.4) is 0 Å². The molecule has 0 spiro atoms.